The molecule has 1 unspecified atom stereocenters. The second-order valence-corrected chi connectivity index (χ2v) is 4.93. The van der Waals surface area contributed by atoms with E-state index in [2.05, 4.69) is 22.4 Å². The quantitative estimate of drug-likeness (QED) is 0.734. The van der Waals surface area contributed by atoms with Crippen molar-refractivity contribution in [3.63, 3.8) is 0 Å². The van der Waals surface area contributed by atoms with Gasteiger partial charge in [-0.3, -0.25) is 0 Å². The number of anilines is 1. The second kappa shape index (κ2) is 5.06. The van der Waals surface area contributed by atoms with Gasteiger partial charge in [-0.15, -0.1) is 0 Å². The van der Waals surface area contributed by atoms with Gasteiger partial charge in [0.25, 0.3) is 0 Å². The molecular formula is C12H17FN2S. The van der Waals surface area contributed by atoms with Gasteiger partial charge < -0.3 is 4.90 Å². The van der Waals surface area contributed by atoms with Crippen molar-refractivity contribution in [2.75, 3.05) is 30.8 Å². The molecule has 1 aliphatic rings. The summed E-state index contributed by atoms with van der Waals surface area (Å²) >= 11 is 1.80. The lowest BCUT2D eigenvalue weighted by Gasteiger charge is -2.39. The Morgan fingerprint density at radius 2 is 1.94 bits per heavy atom. The molecule has 0 saturated carbocycles. The summed E-state index contributed by atoms with van der Waals surface area (Å²) in [7, 11) is 0. The molecule has 0 bridgehead atoms. The van der Waals surface area contributed by atoms with E-state index in [1.165, 1.54) is 12.1 Å². The normalized spacial score (nSPS) is 22.4. The first-order valence-electron chi connectivity index (χ1n) is 5.52. The third-order valence-electron chi connectivity index (χ3n) is 2.99. The minimum atomic E-state index is -0.167. The fourth-order valence-corrected chi connectivity index (χ4v) is 2.79. The number of benzene rings is 1. The molecule has 4 heteroatoms. The van der Waals surface area contributed by atoms with Crippen molar-refractivity contribution in [1.29, 1.82) is 0 Å². The maximum atomic E-state index is 12.8. The summed E-state index contributed by atoms with van der Waals surface area (Å²) in [5, 5.41) is 0. The first kappa shape index (κ1) is 11.7. The highest BCUT2D eigenvalue weighted by atomic mass is 32.2. The lowest BCUT2D eigenvalue weighted by atomic mass is 10.2. The van der Waals surface area contributed by atoms with E-state index in [0.29, 0.717) is 6.04 Å². The molecule has 1 atom stereocenters. The van der Waals surface area contributed by atoms with Crippen molar-refractivity contribution in [1.82, 2.24) is 4.31 Å². The topological polar surface area (TPSA) is 6.48 Å². The van der Waals surface area contributed by atoms with Crippen LogP contribution in [0.5, 0.6) is 0 Å². The van der Waals surface area contributed by atoms with Gasteiger partial charge in [-0.25, -0.2) is 8.70 Å². The Morgan fingerprint density at radius 1 is 1.25 bits per heavy atom. The molecule has 1 aromatic carbocycles. The summed E-state index contributed by atoms with van der Waals surface area (Å²) in [6.45, 7) is 5.30. The van der Waals surface area contributed by atoms with Gasteiger partial charge in [0.15, 0.2) is 0 Å². The molecule has 88 valence electrons. The minimum Gasteiger partial charge on any atom is -0.369 e. The molecule has 1 fully saturated rings. The number of nitrogens with zero attached hydrogens (tertiary/aromatic N) is 2. The number of halogens is 1. The molecule has 0 radical (unpaired) electrons. The van der Waals surface area contributed by atoms with Gasteiger partial charge in [0.05, 0.1) is 0 Å². The summed E-state index contributed by atoms with van der Waals surface area (Å²) in [6.07, 6.45) is 2.12. The van der Waals surface area contributed by atoms with Crippen LogP contribution < -0.4 is 4.90 Å². The minimum absolute atomic E-state index is 0.167. The van der Waals surface area contributed by atoms with Crippen LogP contribution in [0.3, 0.4) is 0 Å². The average molecular weight is 240 g/mol. The number of piperazine rings is 1. The van der Waals surface area contributed by atoms with Crippen molar-refractivity contribution in [2.24, 2.45) is 0 Å². The second-order valence-electron chi connectivity index (χ2n) is 4.09. The van der Waals surface area contributed by atoms with Gasteiger partial charge in [-0.2, -0.15) is 0 Å². The lowest BCUT2D eigenvalue weighted by Crippen LogP contribution is -2.48. The van der Waals surface area contributed by atoms with E-state index in [0.717, 1.165) is 25.3 Å². The fourth-order valence-electron chi connectivity index (χ4n) is 2.10. The van der Waals surface area contributed by atoms with Gasteiger partial charge >= 0.3 is 0 Å². The molecule has 1 aliphatic heterocycles. The molecule has 1 aromatic rings. The van der Waals surface area contributed by atoms with E-state index in [9.17, 15) is 4.39 Å². The monoisotopic (exact) mass is 240 g/mol. The summed E-state index contributed by atoms with van der Waals surface area (Å²) in [4.78, 5) is 2.32. The highest BCUT2D eigenvalue weighted by Gasteiger charge is 2.22. The van der Waals surface area contributed by atoms with Crippen LogP contribution in [0.2, 0.25) is 0 Å². The first-order valence-corrected chi connectivity index (χ1v) is 6.70. The SMILES string of the molecule is CSN1CCN(c2ccc(F)cc2)CC1C. The van der Waals surface area contributed by atoms with E-state index < -0.39 is 0 Å². The Balaban J connectivity index is 2.04. The average Bonchev–Trinajstić information content (AvgIpc) is 2.30. The Labute approximate surface area is 101 Å². The zero-order valence-electron chi connectivity index (χ0n) is 9.69. The van der Waals surface area contributed by atoms with E-state index in [4.69, 9.17) is 0 Å². The molecule has 0 spiro atoms. The molecule has 2 nitrogen and oxygen atoms in total. The first-order chi connectivity index (χ1) is 7.70. The molecule has 1 heterocycles. The highest BCUT2D eigenvalue weighted by Crippen LogP contribution is 2.22. The van der Waals surface area contributed by atoms with E-state index >= 15 is 0 Å². The van der Waals surface area contributed by atoms with E-state index in [-0.39, 0.29) is 5.82 Å². The third kappa shape index (κ3) is 2.50. The fraction of sp³-hybridized carbons (Fsp3) is 0.500. The Hall–Kier alpha value is -0.740. The van der Waals surface area contributed by atoms with Gasteiger partial charge in [0.1, 0.15) is 5.82 Å². The van der Waals surface area contributed by atoms with Crippen LogP contribution in [-0.2, 0) is 0 Å². The molecule has 0 amide bonds. The summed E-state index contributed by atoms with van der Waals surface area (Å²) in [5.74, 6) is -0.167. The van der Waals surface area contributed by atoms with Crippen molar-refractivity contribution in [3.8, 4) is 0 Å². The molecule has 16 heavy (non-hydrogen) atoms. The maximum absolute atomic E-state index is 12.8. The van der Waals surface area contributed by atoms with Crippen LogP contribution in [0.4, 0.5) is 10.1 Å². The number of hydrogen-bond donors (Lipinski definition) is 0. The predicted octanol–water partition coefficient (Wildman–Crippen LogP) is 2.61. The standard InChI is InChI=1S/C12H17FN2S/c1-10-9-14(7-8-15(10)16-2)12-5-3-11(13)4-6-12/h3-6,10H,7-9H2,1-2H3. The van der Waals surface area contributed by atoms with Crippen LogP contribution in [0, 0.1) is 5.82 Å². The van der Waals surface area contributed by atoms with Crippen LogP contribution in [-0.4, -0.2) is 36.2 Å². The summed E-state index contributed by atoms with van der Waals surface area (Å²) in [6, 6.07) is 7.31. The summed E-state index contributed by atoms with van der Waals surface area (Å²) < 4.78 is 15.2. The van der Waals surface area contributed by atoms with Crippen molar-refractivity contribution < 1.29 is 4.39 Å². The number of hydrogen-bond acceptors (Lipinski definition) is 3. The van der Waals surface area contributed by atoms with E-state index in [1.807, 2.05) is 12.1 Å². The Bertz CT molecular complexity index is 341. The van der Waals surface area contributed by atoms with Crippen LogP contribution in [0.15, 0.2) is 24.3 Å². The van der Waals surface area contributed by atoms with Crippen molar-refractivity contribution in [3.05, 3.63) is 30.1 Å². The maximum Gasteiger partial charge on any atom is 0.123 e. The van der Waals surface area contributed by atoms with Gasteiger partial charge in [-0.1, -0.05) is 11.9 Å². The van der Waals surface area contributed by atoms with Gasteiger partial charge in [-0.05, 0) is 37.4 Å². The Kier molecular flexibility index (Phi) is 3.71. The Morgan fingerprint density at radius 3 is 2.50 bits per heavy atom. The zero-order chi connectivity index (χ0) is 11.5. The van der Waals surface area contributed by atoms with Crippen LogP contribution in [0.25, 0.3) is 0 Å². The highest BCUT2D eigenvalue weighted by molar-refractivity contribution is 7.96. The zero-order valence-corrected chi connectivity index (χ0v) is 10.5. The third-order valence-corrected chi connectivity index (χ3v) is 4.00. The molecule has 2 rings (SSSR count). The number of rotatable bonds is 2. The molecule has 0 aromatic heterocycles. The van der Waals surface area contributed by atoms with E-state index in [1.54, 1.807) is 11.9 Å². The molecule has 0 N–H and O–H groups in total. The van der Waals surface area contributed by atoms with Gasteiger partial charge in [0.2, 0.25) is 0 Å². The van der Waals surface area contributed by atoms with Crippen LogP contribution >= 0.6 is 11.9 Å². The van der Waals surface area contributed by atoms with Crippen molar-refractivity contribution in [2.45, 2.75) is 13.0 Å². The van der Waals surface area contributed by atoms with Gasteiger partial charge in [0, 0.05) is 31.4 Å². The smallest absolute Gasteiger partial charge is 0.123 e. The molecular weight excluding hydrogens is 223 g/mol. The molecule has 0 aliphatic carbocycles. The predicted molar refractivity (Wildman–Crippen MR) is 68.3 cm³/mol. The van der Waals surface area contributed by atoms with Crippen molar-refractivity contribution >= 4 is 17.6 Å². The lowest BCUT2D eigenvalue weighted by molar-refractivity contribution is 0.337. The largest absolute Gasteiger partial charge is 0.369 e. The van der Waals surface area contributed by atoms with Crippen LogP contribution in [0.1, 0.15) is 6.92 Å². The molecule has 1 saturated heterocycles. The summed E-state index contributed by atoms with van der Waals surface area (Å²) in [5.41, 5.74) is 1.12.